The van der Waals surface area contributed by atoms with Crippen molar-refractivity contribution in [1.29, 1.82) is 0 Å². The number of rotatable bonds is 6. The number of Topliss-reactive ketones (excluding diaryl/α,β-unsaturated/α-hetero) is 1. The number of hydrogen-bond donors (Lipinski definition) is 0. The maximum absolute atomic E-state index is 14.9. The molecule has 3 aliphatic heterocycles. The lowest BCUT2D eigenvalue weighted by Crippen LogP contribution is -2.35. The maximum atomic E-state index is 14.9. The standard InChI is InChI=1S/C44H36N2O4S2/c47-39-37(41-33(29-13-5-1-6-14-29)35(31-17-9-3-10-18-31)43(51-41)45-21-25-49-26-22-45)40(48)38(39)42-34(30-15-7-2-8-16-30)36(32-19-11-4-12-20-32)44(52-42)46-23-27-50-28-24-46/h1-20H,21-28H2. The van der Waals surface area contributed by atoms with Gasteiger partial charge in [0.25, 0.3) is 0 Å². The number of benzene rings is 4. The van der Waals surface area contributed by atoms with Crippen LogP contribution >= 0.6 is 23.1 Å². The van der Waals surface area contributed by atoms with Crippen LogP contribution in [0.4, 0.5) is 5.00 Å². The van der Waals surface area contributed by atoms with Crippen molar-refractivity contribution in [3.63, 3.8) is 0 Å². The minimum Gasteiger partial charge on any atom is -0.871 e. The zero-order valence-corrected chi connectivity index (χ0v) is 30.2. The van der Waals surface area contributed by atoms with Gasteiger partial charge in [-0.25, -0.2) is 4.58 Å². The molecule has 2 fully saturated rings. The first-order valence-electron chi connectivity index (χ1n) is 17.7. The summed E-state index contributed by atoms with van der Waals surface area (Å²) in [5.41, 5.74) is 8.60. The number of allylic oxidation sites excluding steroid dienone is 3. The lowest BCUT2D eigenvalue weighted by Gasteiger charge is -2.32. The van der Waals surface area contributed by atoms with Gasteiger partial charge in [-0.2, -0.15) is 0 Å². The van der Waals surface area contributed by atoms with Gasteiger partial charge in [-0.3, -0.25) is 4.79 Å². The van der Waals surface area contributed by atoms with Gasteiger partial charge in [-0.1, -0.05) is 127 Å². The number of nitrogens with zero attached hydrogens (tertiary/aromatic N) is 2. The zero-order valence-electron chi connectivity index (χ0n) is 28.5. The minimum atomic E-state index is -0.192. The van der Waals surface area contributed by atoms with Crippen molar-refractivity contribution < 1.29 is 24.0 Å². The molecule has 0 atom stereocenters. The van der Waals surface area contributed by atoms with Crippen molar-refractivity contribution in [3.8, 4) is 22.3 Å². The van der Waals surface area contributed by atoms with Crippen molar-refractivity contribution in [3.05, 3.63) is 154 Å². The Morgan fingerprint density at radius 2 is 1.08 bits per heavy atom. The maximum Gasteiger partial charge on any atom is 0.248 e. The van der Waals surface area contributed by atoms with Crippen LogP contribution in [0, 0.1) is 0 Å². The fraction of sp³-hybridized carbons (Fsp3) is 0.182. The zero-order chi connectivity index (χ0) is 35.0. The Morgan fingerprint density at radius 3 is 1.63 bits per heavy atom. The second-order valence-electron chi connectivity index (χ2n) is 13.0. The molecule has 5 aromatic rings. The molecule has 9 rings (SSSR count). The van der Waals surface area contributed by atoms with Gasteiger partial charge in [0.05, 0.1) is 18.8 Å². The number of carbonyl (C=O) groups excluding carboxylic acids is 1. The lowest BCUT2D eigenvalue weighted by atomic mass is 9.81. The van der Waals surface area contributed by atoms with Crippen molar-refractivity contribution in [1.82, 2.24) is 0 Å². The number of thioether (sulfide) groups is 1. The van der Waals surface area contributed by atoms with E-state index in [0.29, 0.717) is 26.4 Å². The summed E-state index contributed by atoms with van der Waals surface area (Å²) < 4.78 is 13.8. The van der Waals surface area contributed by atoms with Gasteiger partial charge >= 0.3 is 0 Å². The molecular weight excluding hydrogens is 685 g/mol. The first-order valence-corrected chi connectivity index (χ1v) is 19.4. The van der Waals surface area contributed by atoms with Crippen LogP contribution in [-0.2, 0) is 14.3 Å². The summed E-state index contributed by atoms with van der Waals surface area (Å²) in [6.45, 7) is 5.48. The topological polar surface area (TPSA) is 64.8 Å². The highest BCUT2D eigenvalue weighted by molar-refractivity contribution is 8.19. The van der Waals surface area contributed by atoms with Crippen LogP contribution in [0.5, 0.6) is 0 Å². The summed E-state index contributed by atoms with van der Waals surface area (Å²) >= 11 is 3.12. The molecule has 0 radical (unpaired) electrons. The average molecular weight is 721 g/mol. The molecule has 2 saturated heterocycles. The molecule has 4 aliphatic rings. The highest BCUT2D eigenvalue weighted by Crippen LogP contribution is 2.57. The van der Waals surface area contributed by atoms with Gasteiger partial charge < -0.3 is 19.5 Å². The van der Waals surface area contributed by atoms with E-state index in [1.165, 1.54) is 0 Å². The average Bonchev–Trinajstić information content (AvgIpc) is 3.80. The summed E-state index contributed by atoms with van der Waals surface area (Å²) in [7, 11) is 0. The third kappa shape index (κ3) is 5.76. The number of morpholine rings is 2. The van der Waals surface area contributed by atoms with Crippen LogP contribution in [0.15, 0.2) is 138 Å². The van der Waals surface area contributed by atoms with E-state index in [4.69, 9.17) is 9.47 Å². The molecule has 0 N–H and O–H groups in total. The Bertz CT molecular complexity index is 2280. The normalized spacial score (nSPS) is 19.5. The fourth-order valence-corrected chi connectivity index (χ4v) is 10.4. The predicted molar refractivity (Wildman–Crippen MR) is 210 cm³/mol. The number of thiophene rings is 1. The highest BCUT2D eigenvalue weighted by Gasteiger charge is 2.43. The molecular formula is C44H36N2O4S2. The largest absolute Gasteiger partial charge is 0.871 e. The lowest BCUT2D eigenvalue weighted by molar-refractivity contribution is -0.545. The second kappa shape index (κ2) is 14.2. The first-order chi connectivity index (χ1) is 25.7. The molecule has 0 bridgehead atoms. The Hall–Kier alpha value is -4.99. The van der Waals surface area contributed by atoms with Gasteiger partial charge in [0.15, 0.2) is 18.9 Å². The van der Waals surface area contributed by atoms with E-state index in [-0.39, 0.29) is 22.7 Å². The number of ether oxygens (including phenoxy) is 2. The monoisotopic (exact) mass is 720 g/mol. The van der Waals surface area contributed by atoms with E-state index in [9.17, 15) is 9.90 Å². The number of hydrogen-bond acceptors (Lipinski definition) is 7. The number of ketones is 1. The van der Waals surface area contributed by atoms with E-state index in [1.54, 1.807) is 23.1 Å². The SMILES string of the molecule is O=C1C(c2sc(N3CCOCC3)c(-c3ccccc3)c2-c2ccccc2)=C([O-])/C1=C1\SC(=[N+]2CCOCC2)C(c2ccccc2)=C1c1ccccc1. The third-order valence-corrected chi connectivity index (χ3v) is 12.5. The molecule has 258 valence electrons. The van der Waals surface area contributed by atoms with Crippen LogP contribution in [0.2, 0.25) is 0 Å². The van der Waals surface area contributed by atoms with Crippen molar-refractivity contribution in [2.24, 2.45) is 0 Å². The minimum absolute atomic E-state index is 0.192. The molecule has 8 heteroatoms. The van der Waals surface area contributed by atoms with Gasteiger partial charge in [0.2, 0.25) is 5.04 Å². The highest BCUT2D eigenvalue weighted by atomic mass is 32.2. The summed E-state index contributed by atoms with van der Waals surface area (Å²) in [4.78, 5) is 18.7. The van der Waals surface area contributed by atoms with Crippen LogP contribution in [0.25, 0.3) is 39.0 Å². The predicted octanol–water partition coefficient (Wildman–Crippen LogP) is 7.63. The second-order valence-corrected chi connectivity index (χ2v) is 15.0. The van der Waals surface area contributed by atoms with Crippen molar-refractivity contribution in [2.75, 3.05) is 57.5 Å². The summed E-state index contributed by atoms with van der Waals surface area (Å²) in [5.74, 6) is -0.383. The van der Waals surface area contributed by atoms with E-state index >= 15 is 0 Å². The number of carbonyl (C=O) groups is 1. The Labute approximate surface area is 311 Å². The third-order valence-electron chi connectivity index (χ3n) is 9.99. The molecule has 52 heavy (non-hydrogen) atoms. The molecule has 1 aromatic heterocycles. The molecule has 0 saturated carbocycles. The van der Waals surface area contributed by atoms with Crippen LogP contribution < -0.4 is 10.0 Å². The molecule has 4 heterocycles. The summed E-state index contributed by atoms with van der Waals surface area (Å²) in [6.07, 6.45) is 0. The van der Waals surface area contributed by atoms with Gasteiger partial charge in [-0.05, 0) is 34.0 Å². The first kappa shape index (κ1) is 32.9. The Morgan fingerprint density at radius 1 is 0.577 bits per heavy atom. The van der Waals surface area contributed by atoms with Gasteiger partial charge in [0, 0.05) is 50.7 Å². The van der Waals surface area contributed by atoms with E-state index < -0.39 is 0 Å². The van der Waals surface area contributed by atoms with Crippen LogP contribution in [0.3, 0.4) is 0 Å². The number of anilines is 1. The Kier molecular flexibility index (Phi) is 8.98. The molecule has 1 aliphatic carbocycles. The summed E-state index contributed by atoms with van der Waals surface area (Å²) in [5, 5.41) is 17.0. The quantitative estimate of drug-likeness (QED) is 0.133. The molecule has 0 spiro atoms. The van der Waals surface area contributed by atoms with Crippen LogP contribution in [0.1, 0.15) is 16.0 Å². The molecule has 4 aromatic carbocycles. The van der Waals surface area contributed by atoms with E-state index in [2.05, 4.69) is 58.0 Å². The van der Waals surface area contributed by atoms with Gasteiger partial charge in [0.1, 0.15) is 18.2 Å². The van der Waals surface area contributed by atoms with Gasteiger partial charge in [-0.15, -0.1) is 11.3 Å². The molecule has 0 amide bonds. The van der Waals surface area contributed by atoms with Crippen molar-refractivity contribution in [2.45, 2.75) is 0 Å². The molecule has 0 unspecified atom stereocenters. The van der Waals surface area contributed by atoms with E-state index in [0.717, 1.165) is 90.5 Å². The Balaban J connectivity index is 1.29. The smallest absolute Gasteiger partial charge is 0.248 e. The van der Waals surface area contributed by atoms with E-state index in [1.807, 2.05) is 72.8 Å². The summed E-state index contributed by atoms with van der Waals surface area (Å²) in [6, 6.07) is 41.0. The van der Waals surface area contributed by atoms with Crippen molar-refractivity contribution >= 4 is 55.6 Å². The van der Waals surface area contributed by atoms with Crippen LogP contribution in [-0.4, -0.2) is 68.0 Å². The fourth-order valence-electron chi connectivity index (χ4n) is 7.48. The molecule has 6 nitrogen and oxygen atoms in total.